The number of methoxy groups -OCH3 is 1. The van der Waals surface area contributed by atoms with Crippen LogP contribution in [0.25, 0.3) is 10.1 Å². The Kier molecular flexibility index (Phi) is 7.29. The summed E-state index contributed by atoms with van der Waals surface area (Å²) in [5.41, 5.74) is 1.46. The van der Waals surface area contributed by atoms with E-state index in [1.165, 1.54) is 24.5 Å². The molecule has 0 radical (unpaired) electrons. The van der Waals surface area contributed by atoms with Crippen molar-refractivity contribution in [1.82, 2.24) is 5.32 Å². The zero-order chi connectivity index (χ0) is 21.7. The fourth-order valence-electron chi connectivity index (χ4n) is 3.32. The van der Waals surface area contributed by atoms with Gasteiger partial charge in [0.25, 0.3) is 5.91 Å². The third-order valence-corrected chi connectivity index (χ3v) is 5.87. The lowest BCUT2D eigenvalue weighted by molar-refractivity contribution is 0.0939. The number of carbonyl (C=O) groups excluding carboxylic acids is 1. The van der Waals surface area contributed by atoms with Crippen LogP contribution in [-0.2, 0) is 11.3 Å². The first-order chi connectivity index (χ1) is 14.5. The first kappa shape index (κ1) is 22.1. The molecule has 2 aromatic carbocycles. The summed E-state index contributed by atoms with van der Waals surface area (Å²) in [6.45, 7) is 6.93. The van der Waals surface area contributed by atoms with Crippen LogP contribution < -0.4 is 14.8 Å². The first-order valence-corrected chi connectivity index (χ1v) is 10.7. The van der Waals surface area contributed by atoms with Gasteiger partial charge in [-0.3, -0.25) is 4.79 Å². The van der Waals surface area contributed by atoms with Gasteiger partial charge in [-0.25, -0.2) is 4.39 Å². The van der Waals surface area contributed by atoms with E-state index in [9.17, 15) is 9.18 Å². The molecule has 1 heterocycles. The van der Waals surface area contributed by atoms with Crippen LogP contribution in [0.15, 0.2) is 36.4 Å². The number of amides is 1. The standard InChI is InChI=1S/C23H26FNO4S/c1-5-28-18-11-10-15(12-19(18)29-6-2)14(3)25-23(26)22-16(13-27-4)21-17(24)8-7-9-20(21)30-22/h7-12,14H,5-6,13H2,1-4H3,(H,25,26). The summed E-state index contributed by atoms with van der Waals surface area (Å²) in [6, 6.07) is 10.2. The number of ether oxygens (including phenoxy) is 3. The largest absolute Gasteiger partial charge is 0.490 e. The van der Waals surface area contributed by atoms with Crippen molar-refractivity contribution in [2.75, 3.05) is 20.3 Å². The third kappa shape index (κ3) is 4.57. The van der Waals surface area contributed by atoms with E-state index in [1.54, 1.807) is 6.07 Å². The topological polar surface area (TPSA) is 56.8 Å². The van der Waals surface area contributed by atoms with Crippen LogP contribution in [0.1, 0.15) is 47.6 Å². The Morgan fingerprint density at radius 1 is 1.13 bits per heavy atom. The van der Waals surface area contributed by atoms with Gasteiger partial charge in [-0.15, -0.1) is 11.3 Å². The zero-order valence-electron chi connectivity index (χ0n) is 17.6. The van der Waals surface area contributed by atoms with Crippen molar-refractivity contribution < 1.29 is 23.4 Å². The molecule has 1 atom stereocenters. The molecule has 0 spiro atoms. The second-order valence-corrected chi connectivity index (χ2v) is 7.78. The van der Waals surface area contributed by atoms with E-state index in [4.69, 9.17) is 14.2 Å². The van der Waals surface area contributed by atoms with Crippen molar-refractivity contribution in [1.29, 1.82) is 0 Å². The number of rotatable bonds is 9. The van der Waals surface area contributed by atoms with Gasteiger partial charge in [0.15, 0.2) is 11.5 Å². The van der Waals surface area contributed by atoms with E-state index >= 15 is 0 Å². The molecule has 30 heavy (non-hydrogen) atoms. The minimum Gasteiger partial charge on any atom is -0.490 e. The molecule has 1 N–H and O–H groups in total. The molecule has 160 valence electrons. The molecule has 1 amide bonds. The van der Waals surface area contributed by atoms with Crippen LogP contribution in [0.5, 0.6) is 11.5 Å². The highest BCUT2D eigenvalue weighted by atomic mass is 32.1. The number of nitrogens with one attached hydrogen (secondary N) is 1. The molecule has 0 fully saturated rings. The van der Waals surface area contributed by atoms with Gasteiger partial charge in [0.1, 0.15) is 5.82 Å². The quantitative estimate of drug-likeness (QED) is 0.488. The van der Waals surface area contributed by atoms with Crippen molar-refractivity contribution in [3.8, 4) is 11.5 Å². The van der Waals surface area contributed by atoms with Gasteiger partial charge in [-0.2, -0.15) is 0 Å². The van der Waals surface area contributed by atoms with Crippen molar-refractivity contribution in [2.24, 2.45) is 0 Å². The molecular formula is C23H26FNO4S. The summed E-state index contributed by atoms with van der Waals surface area (Å²) in [4.78, 5) is 13.5. The Labute approximate surface area is 179 Å². The number of hydrogen-bond acceptors (Lipinski definition) is 5. The SMILES string of the molecule is CCOc1ccc(C(C)NC(=O)c2sc3cccc(F)c3c2COC)cc1OCC. The molecule has 5 nitrogen and oxygen atoms in total. The summed E-state index contributed by atoms with van der Waals surface area (Å²) >= 11 is 1.27. The van der Waals surface area contributed by atoms with Crippen molar-refractivity contribution in [3.05, 3.63) is 58.2 Å². The molecule has 1 unspecified atom stereocenters. The van der Waals surface area contributed by atoms with E-state index in [0.29, 0.717) is 40.5 Å². The molecule has 3 rings (SSSR count). The van der Waals surface area contributed by atoms with Crippen molar-refractivity contribution in [2.45, 2.75) is 33.4 Å². The number of benzene rings is 2. The van der Waals surface area contributed by atoms with Gasteiger partial charge in [0.2, 0.25) is 0 Å². The summed E-state index contributed by atoms with van der Waals surface area (Å²) < 4.78 is 31.6. The number of hydrogen-bond donors (Lipinski definition) is 1. The van der Waals surface area contributed by atoms with Gasteiger partial charge in [0.05, 0.1) is 30.7 Å². The lowest BCUT2D eigenvalue weighted by Crippen LogP contribution is -2.26. The predicted octanol–water partition coefficient (Wildman–Crippen LogP) is 5.48. The molecule has 1 aromatic heterocycles. The van der Waals surface area contributed by atoms with E-state index in [2.05, 4.69) is 5.32 Å². The molecule has 0 aliphatic carbocycles. The highest BCUT2D eigenvalue weighted by molar-refractivity contribution is 7.21. The average molecular weight is 432 g/mol. The van der Waals surface area contributed by atoms with Crippen LogP contribution in [0, 0.1) is 5.82 Å². The molecule has 0 saturated carbocycles. The van der Waals surface area contributed by atoms with E-state index in [0.717, 1.165) is 10.3 Å². The minimum absolute atomic E-state index is 0.162. The molecule has 0 aliphatic rings. The maximum atomic E-state index is 14.4. The highest BCUT2D eigenvalue weighted by Crippen LogP contribution is 2.35. The third-order valence-electron chi connectivity index (χ3n) is 4.67. The van der Waals surface area contributed by atoms with Gasteiger partial charge < -0.3 is 19.5 Å². The predicted molar refractivity (Wildman–Crippen MR) is 117 cm³/mol. The Morgan fingerprint density at radius 2 is 1.87 bits per heavy atom. The Hall–Kier alpha value is -2.64. The van der Waals surface area contributed by atoms with Crippen LogP contribution in [0.3, 0.4) is 0 Å². The van der Waals surface area contributed by atoms with Crippen molar-refractivity contribution >= 4 is 27.3 Å². The zero-order valence-corrected chi connectivity index (χ0v) is 18.4. The number of thiophene rings is 1. The normalized spacial score (nSPS) is 12.0. The fourth-order valence-corrected chi connectivity index (χ4v) is 4.44. The average Bonchev–Trinajstić information content (AvgIpc) is 3.10. The maximum absolute atomic E-state index is 14.4. The number of fused-ring (bicyclic) bond motifs is 1. The van der Waals surface area contributed by atoms with E-state index in [1.807, 2.05) is 45.0 Å². The smallest absolute Gasteiger partial charge is 0.262 e. The second kappa shape index (κ2) is 9.91. The Balaban J connectivity index is 1.88. The molecule has 0 aliphatic heterocycles. The van der Waals surface area contributed by atoms with Crippen LogP contribution in [0.2, 0.25) is 0 Å². The monoisotopic (exact) mass is 431 g/mol. The minimum atomic E-state index is -0.351. The lowest BCUT2D eigenvalue weighted by atomic mass is 10.1. The van der Waals surface area contributed by atoms with Gasteiger partial charge in [-0.1, -0.05) is 12.1 Å². The summed E-state index contributed by atoms with van der Waals surface area (Å²) in [5, 5.41) is 3.46. The molecule has 0 saturated heterocycles. The number of carbonyl (C=O) groups is 1. The Bertz CT molecular complexity index is 1030. The molecule has 3 aromatic rings. The molecule has 7 heteroatoms. The fraction of sp³-hybridized carbons (Fsp3) is 0.348. The number of halogens is 1. The lowest BCUT2D eigenvalue weighted by Gasteiger charge is -2.17. The highest BCUT2D eigenvalue weighted by Gasteiger charge is 2.22. The summed E-state index contributed by atoms with van der Waals surface area (Å²) in [6.07, 6.45) is 0. The Morgan fingerprint density at radius 3 is 2.57 bits per heavy atom. The van der Waals surface area contributed by atoms with Gasteiger partial charge in [-0.05, 0) is 50.6 Å². The molecular weight excluding hydrogens is 405 g/mol. The van der Waals surface area contributed by atoms with E-state index < -0.39 is 0 Å². The van der Waals surface area contributed by atoms with Crippen LogP contribution in [0.4, 0.5) is 4.39 Å². The maximum Gasteiger partial charge on any atom is 0.262 e. The van der Waals surface area contributed by atoms with E-state index in [-0.39, 0.29) is 24.4 Å². The van der Waals surface area contributed by atoms with Crippen molar-refractivity contribution in [3.63, 3.8) is 0 Å². The summed E-state index contributed by atoms with van der Waals surface area (Å²) in [5.74, 6) is 0.698. The first-order valence-electron chi connectivity index (χ1n) is 9.89. The second-order valence-electron chi connectivity index (χ2n) is 6.72. The molecule has 0 bridgehead atoms. The van der Waals surface area contributed by atoms with Gasteiger partial charge in [0, 0.05) is 22.8 Å². The summed E-state index contributed by atoms with van der Waals surface area (Å²) in [7, 11) is 1.53. The van der Waals surface area contributed by atoms with Crippen LogP contribution in [-0.4, -0.2) is 26.2 Å². The van der Waals surface area contributed by atoms with Gasteiger partial charge >= 0.3 is 0 Å². The van der Waals surface area contributed by atoms with Crippen LogP contribution >= 0.6 is 11.3 Å².